The lowest BCUT2D eigenvalue weighted by Crippen LogP contribution is -2.41. The summed E-state index contributed by atoms with van der Waals surface area (Å²) in [5.41, 5.74) is 5.75. The number of carbonyl (C=O) groups excluding carboxylic acids is 1. The summed E-state index contributed by atoms with van der Waals surface area (Å²) in [6.45, 7) is 1.80. The highest BCUT2D eigenvalue weighted by Crippen LogP contribution is 2.23. The van der Waals surface area contributed by atoms with Crippen molar-refractivity contribution in [3.05, 3.63) is 0 Å². The standard InChI is InChI=1S/C10H20N2O2/c1-7(6-13)12-10(14)8-2-4-9(11)5-3-8/h7-9,13H,2-6,11H2,1H3,(H,12,14). The van der Waals surface area contributed by atoms with Crippen molar-refractivity contribution in [2.45, 2.75) is 44.7 Å². The summed E-state index contributed by atoms with van der Waals surface area (Å²) in [4.78, 5) is 11.6. The van der Waals surface area contributed by atoms with E-state index in [4.69, 9.17) is 10.8 Å². The van der Waals surface area contributed by atoms with Crippen LogP contribution in [0.4, 0.5) is 0 Å². The summed E-state index contributed by atoms with van der Waals surface area (Å²) in [5.74, 6) is 0.169. The molecule has 0 saturated heterocycles. The van der Waals surface area contributed by atoms with Gasteiger partial charge in [0.05, 0.1) is 6.61 Å². The Balaban J connectivity index is 2.30. The Morgan fingerprint density at radius 3 is 2.57 bits per heavy atom. The van der Waals surface area contributed by atoms with E-state index in [2.05, 4.69) is 5.32 Å². The number of rotatable bonds is 3. The molecule has 0 aromatic heterocycles. The van der Waals surface area contributed by atoms with Gasteiger partial charge in [-0.3, -0.25) is 4.79 Å². The highest BCUT2D eigenvalue weighted by Gasteiger charge is 2.24. The average Bonchev–Trinajstić information content (AvgIpc) is 2.18. The average molecular weight is 200 g/mol. The fourth-order valence-electron chi connectivity index (χ4n) is 1.79. The molecule has 1 fully saturated rings. The van der Waals surface area contributed by atoms with Gasteiger partial charge in [-0.05, 0) is 32.6 Å². The van der Waals surface area contributed by atoms with Crippen LogP contribution in [-0.4, -0.2) is 29.7 Å². The molecule has 1 rings (SSSR count). The maximum Gasteiger partial charge on any atom is 0.223 e. The van der Waals surface area contributed by atoms with Crippen LogP contribution in [0.1, 0.15) is 32.6 Å². The van der Waals surface area contributed by atoms with Gasteiger partial charge in [0.2, 0.25) is 5.91 Å². The van der Waals surface area contributed by atoms with Crippen molar-refractivity contribution in [1.82, 2.24) is 5.32 Å². The third-order valence-electron chi connectivity index (χ3n) is 2.81. The van der Waals surface area contributed by atoms with Crippen molar-refractivity contribution in [2.24, 2.45) is 11.7 Å². The second kappa shape index (κ2) is 5.32. The molecule has 1 saturated carbocycles. The van der Waals surface area contributed by atoms with E-state index in [0.717, 1.165) is 25.7 Å². The predicted octanol–water partition coefficient (Wildman–Crippen LogP) is 0.000900. The maximum atomic E-state index is 11.6. The summed E-state index contributed by atoms with van der Waals surface area (Å²) >= 11 is 0. The molecule has 0 aromatic rings. The van der Waals surface area contributed by atoms with Crippen LogP contribution in [0.25, 0.3) is 0 Å². The number of aliphatic hydroxyl groups excluding tert-OH is 1. The summed E-state index contributed by atoms with van der Waals surface area (Å²) in [6, 6.07) is 0.132. The molecule has 0 aromatic carbocycles. The minimum Gasteiger partial charge on any atom is -0.394 e. The smallest absolute Gasteiger partial charge is 0.223 e. The predicted molar refractivity (Wildman–Crippen MR) is 54.6 cm³/mol. The van der Waals surface area contributed by atoms with E-state index in [9.17, 15) is 4.79 Å². The first-order valence-electron chi connectivity index (χ1n) is 5.30. The van der Waals surface area contributed by atoms with Crippen molar-refractivity contribution < 1.29 is 9.90 Å². The molecular formula is C10H20N2O2. The van der Waals surface area contributed by atoms with Gasteiger partial charge in [-0.25, -0.2) is 0 Å². The first kappa shape index (κ1) is 11.5. The Bertz CT molecular complexity index is 189. The van der Waals surface area contributed by atoms with Crippen molar-refractivity contribution >= 4 is 5.91 Å². The molecule has 1 amide bonds. The number of aliphatic hydroxyl groups is 1. The Labute approximate surface area is 84.9 Å². The molecule has 82 valence electrons. The lowest BCUT2D eigenvalue weighted by molar-refractivity contribution is -0.126. The summed E-state index contributed by atoms with van der Waals surface area (Å²) in [6.07, 6.45) is 3.63. The highest BCUT2D eigenvalue weighted by atomic mass is 16.3. The molecule has 4 nitrogen and oxygen atoms in total. The van der Waals surface area contributed by atoms with Gasteiger partial charge < -0.3 is 16.2 Å². The van der Waals surface area contributed by atoms with Crippen LogP contribution >= 0.6 is 0 Å². The van der Waals surface area contributed by atoms with Gasteiger partial charge in [0.1, 0.15) is 0 Å². The van der Waals surface area contributed by atoms with Gasteiger partial charge in [0, 0.05) is 18.0 Å². The zero-order valence-electron chi connectivity index (χ0n) is 8.70. The number of nitrogens with two attached hydrogens (primary N) is 1. The first-order valence-corrected chi connectivity index (χ1v) is 5.30. The zero-order valence-corrected chi connectivity index (χ0v) is 8.70. The number of nitrogens with one attached hydrogen (secondary N) is 1. The Hall–Kier alpha value is -0.610. The second-order valence-corrected chi connectivity index (χ2v) is 4.20. The van der Waals surface area contributed by atoms with Gasteiger partial charge >= 0.3 is 0 Å². The Morgan fingerprint density at radius 2 is 2.07 bits per heavy atom. The third-order valence-corrected chi connectivity index (χ3v) is 2.81. The summed E-state index contributed by atoms with van der Waals surface area (Å²) in [5, 5.41) is 11.6. The molecule has 4 N–H and O–H groups in total. The monoisotopic (exact) mass is 200 g/mol. The number of amides is 1. The zero-order chi connectivity index (χ0) is 10.6. The van der Waals surface area contributed by atoms with E-state index in [-0.39, 0.29) is 30.5 Å². The number of hydrogen-bond donors (Lipinski definition) is 3. The van der Waals surface area contributed by atoms with Crippen LogP contribution in [0.15, 0.2) is 0 Å². The summed E-state index contributed by atoms with van der Waals surface area (Å²) < 4.78 is 0. The van der Waals surface area contributed by atoms with Crippen LogP contribution in [0.5, 0.6) is 0 Å². The van der Waals surface area contributed by atoms with Crippen LogP contribution in [0.3, 0.4) is 0 Å². The van der Waals surface area contributed by atoms with Crippen molar-refractivity contribution in [3.8, 4) is 0 Å². The molecular weight excluding hydrogens is 180 g/mol. The fraction of sp³-hybridized carbons (Fsp3) is 0.900. The van der Waals surface area contributed by atoms with Crippen molar-refractivity contribution in [2.75, 3.05) is 6.61 Å². The van der Waals surface area contributed by atoms with Gasteiger partial charge in [-0.15, -0.1) is 0 Å². The Morgan fingerprint density at radius 1 is 1.50 bits per heavy atom. The van der Waals surface area contributed by atoms with E-state index in [0.29, 0.717) is 0 Å². The molecule has 0 radical (unpaired) electrons. The normalized spacial score (nSPS) is 29.6. The van der Waals surface area contributed by atoms with E-state index in [1.165, 1.54) is 0 Å². The maximum absolute atomic E-state index is 11.6. The lowest BCUT2D eigenvalue weighted by atomic mass is 9.86. The highest BCUT2D eigenvalue weighted by molar-refractivity contribution is 5.79. The van der Waals surface area contributed by atoms with Crippen LogP contribution in [-0.2, 0) is 4.79 Å². The van der Waals surface area contributed by atoms with Crippen molar-refractivity contribution in [1.29, 1.82) is 0 Å². The molecule has 0 bridgehead atoms. The molecule has 14 heavy (non-hydrogen) atoms. The van der Waals surface area contributed by atoms with Crippen LogP contribution < -0.4 is 11.1 Å². The minimum atomic E-state index is -0.141. The molecule has 1 unspecified atom stereocenters. The summed E-state index contributed by atoms with van der Waals surface area (Å²) in [7, 11) is 0. The van der Waals surface area contributed by atoms with Gasteiger partial charge in [0.15, 0.2) is 0 Å². The molecule has 0 aliphatic heterocycles. The van der Waals surface area contributed by atoms with E-state index >= 15 is 0 Å². The van der Waals surface area contributed by atoms with E-state index in [1.54, 1.807) is 6.92 Å². The lowest BCUT2D eigenvalue weighted by Gasteiger charge is -2.26. The number of hydrogen-bond acceptors (Lipinski definition) is 3. The van der Waals surface area contributed by atoms with Gasteiger partial charge in [-0.1, -0.05) is 0 Å². The van der Waals surface area contributed by atoms with Gasteiger partial charge in [0.25, 0.3) is 0 Å². The molecule has 4 heteroatoms. The minimum absolute atomic E-state index is 0.00201. The molecule has 1 aliphatic carbocycles. The second-order valence-electron chi connectivity index (χ2n) is 4.20. The quantitative estimate of drug-likeness (QED) is 0.600. The topological polar surface area (TPSA) is 75.3 Å². The fourth-order valence-corrected chi connectivity index (χ4v) is 1.79. The number of carbonyl (C=O) groups is 1. The molecule has 0 spiro atoms. The van der Waals surface area contributed by atoms with Gasteiger partial charge in [-0.2, -0.15) is 0 Å². The molecule has 0 heterocycles. The van der Waals surface area contributed by atoms with E-state index in [1.807, 2.05) is 0 Å². The molecule has 1 aliphatic rings. The largest absolute Gasteiger partial charge is 0.394 e. The van der Waals surface area contributed by atoms with Crippen molar-refractivity contribution in [3.63, 3.8) is 0 Å². The Kier molecular flexibility index (Phi) is 4.35. The molecule has 1 atom stereocenters. The first-order chi connectivity index (χ1) is 6.63. The van der Waals surface area contributed by atoms with E-state index < -0.39 is 0 Å². The van der Waals surface area contributed by atoms with Crippen LogP contribution in [0, 0.1) is 5.92 Å². The van der Waals surface area contributed by atoms with Crippen LogP contribution in [0.2, 0.25) is 0 Å². The SMILES string of the molecule is CC(CO)NC(=O)C1CCC(N)CC1. The third kappa shape index (κ3) is 3.27.